The molecule has 0 saturated carbocycles. The number of hydrogen-bond donors (Lipinski definition) is 2. The van der Waals surface area contributed by atoms with E-state index in [4.69, 9.17) is 17.3 Å². The summed E-state index contributed by atoms with van der Waals surface area (Å²) in [6.45, 7) is 0.464. The van der Waals surface area contributed by atoms with E-state index in [9.17, 15) is 5.11 Å². The Morgan fingerprint density at radius 2 is 2.13 bits per heavy atom. The van der Waals surface area contributed by atoms with Crippen LogP contribution in [0.3, 0.4) is 0 Å². The summed E-state index contributed by atoms with van der Waals surface area (Å²) in [6, 6.07) is 7.88. The molecule has 0 amide bonds. The lowest BCUT2D eigenvalue weighted by molar-refractivity contribution is 0.174. The maximum absolute atomic E-state index is 9.85. The Balaban J connectivity index is 2.48. The minimum Gasteiger partial charge on any atom is -0.387 e. The molecule has 1 heterocycles. The van der Waals surface area contributed by atoms with Crippen molar-refractivity contribution in [3.63, 3.8) is 0 Å². The first-order valence-electron chi connectivity index (χ1n) is 4.79. The molecular weight excluding hydrogens is 230 g/mol. The molecule has 0 aliphatic heterocycles. The molecule has 1 unspecified atom stereocenters. The molecule has 4 heteroatoms. The molecule has 0 aliphatic carbocycles. The molecule has 2 rings (SSSR count). The van der Waals surface area contributed by atoms with Crippen LogP contribution in [-0.4, -0.2) is 11.7 Å². The highest BCUT2D eigenvalue weighted by molar-refractivity contribution is 7.19. The van der Waals surface area contributed by atoms with Crippen molar-refractivity contribution in [2.75, 3.05) is 6.54 Å². The third-order valence-electron chi connectivity index (χ3n) is 2.30. The van der Waals surface area contributed by atoms with Crippen LogP contribution in [0.2, 0.25) is 5.02 Å². The van der Waals surface area contributed by atoms with Crippen molar-refractivity contribution in [3.8, 4) is 0 Å². The van der Waals surface area contributed by atoms with E-state index >= 15 is 0 Å². The topological polar surface area (TPSA) is 46.2 Å². The van der Waals surface area contributed by atoms with Gasteiger partial charge in [0.2, 0.25) is 0 Å². The molecule has 0 radical (unpaired) electrons. The molecule has 1 aromatic heterocycles. The lowest BCUT2D eigenvalue weighted by Gasteiger charge is -2.06. The van der Waals surface area contributed by atoms with Crippen LogP contribution in [0, 0.1) is 0 Å². The van der Waals surface area contributed by atoms with Crippen molar-refractivity contribution >= 4 is 33.0 Å². The van der Waals surface area contributed by atoms with Gasteiger partial charge in [0.15, 0.2) is 0 Å². The summed E-state index contributed by atoms with van der Waals surface area (Å²) >= 11 is 7.73. The second-order valence-corrected chi connectivity index (χ2v) is 4.83. The van der Waals surface area contributed by atoms with Gasteiger partial charge in [-0.05, 0) is 19.0 Å². The van der Waals surface area contributed by atoms with Gasteiger partial charge in [0.05, 0.1) is 16.0 Å². The maximum atomic E-state index is 9.85. The van der Waals surface area contributed by atoms with Gasteiger partial charge >= 0.3 is 0 Å². The summed E-state index contributed by atoms with van der Waals surface area (Å²) in [7, 11) is 0. The molecule has 0 saturated heterocycles. The summed E-state index contributed by atoms with van der Waals surface area (Å²) in [5, 5.41) is 11.5. The first-order valence-corrected chi connectivity index (χ1v) is 5.98. The van der Waals surface area contributed by atoms with Gasteiger partial charge < -0.3 is 10.8 Å². The summed E-state index contributed by atoms with van der Waals surface area (Å²) in [5.74, 6) is 0. The Labute approximate surface area is 97.3 Å². The Hall–Kier alpha value is -0.610. The van der Waals surface area contributed by atoms with E-state index in [-0.39, 0.29) is 0 Å². The van der Waals surface area contributed by atoms with E-state index in [0.29, 0.717) is 18.0 Å². The number of hydrogen-bond acceptors (Lipinski definition) is 3. The zero-order valence-electron chi connectivity index (χ0n) is 8.11. The van der Waals surface area contributed by atoms with Crippen LogP contribution in [0.15, 0.2) is 24.3 Å². The fourth-order valence-corrected chi connectivity index (χ4v) is 3.12. The van der Waals surface area contributed by atoms with Crippen molar-refractivity contribution in [2.24, 2.45) is 5.73 Å². The highest BCUT2D eigenvalue weighted by Gasteiger charge is 2.16. The quantitative estimate of drug-likeness (QED) is 0.868. The van der Waals surface area contributed by atoms with Gasteiger partial charge in [-0.1, -0.05) is 29.8 Å². The largest absolute Gasteiger partial charge is 0.387 e. The van der Waals surface area contributed by atoms with E-state index in [1.807, 2.05) is 24.3 Å². The lowest BCUT2D eigenvalue weighted by atomic mass is 10.2. The zero-order valence-corrected chi connectivity index (χ0v) is 9.68. The first-order chi connectivity index (χ1) is 7.24. The molecule has 0 bridgehead atoms. The molecule has 0 fully saturated rings. The van der Waals surface area contributed by atoms with Crippen LogP contribution in [-0.2, 0) is 0 Å². The predicted octanol–water partition coefficient (Wildman–Crippen LogP) is 2.94. The summed E-state index contributed by atoms with van der Waals surface area (Å²) in [5.41, 5.74) is 5.41. The molecule has 15 heavy (non-hydrogen) atoms. The third-order valence-corrected chi connectivity index (χ3v) is 4.09. The average molecular weight is 242 g/mol. The highest BCUT2D eigenvalue weighted by Crippen LogP contribution is 2.39. The van der Waals surface area contributed by atoms with E-state index < -0.39 is 6.10 Å². The van der Waals surface area contributed by atoms with E-state index in [1.54, 1.807) is 0 Å². The second kappa shape index (κ2) is 4.49. The monoisotopic (exact) mass is 241 g/mol. The Morgan fingerprint density at radius 1 is 1.40 bits per heavy atom. The molecular formula is C11H12ClNOS. The van der Waals surface area contributed by atoms with Crippen molar-refractivity contribution in [1.82, 2.24) is 0 Å². The fourth-order valence-electron chi connectivity index (χ4n) is 1.54. The van der Waals surface area contributed by atoms with Gasteiger partial charge in [-0.25, -0.2) is 0 Å². The maximum Gasteiger partial charge on any atom is 0.0909 e. The smallest absolute Gasteiger partial charge is 0.0909 e. The van der Waals surface area contributed by atoms with E-state index in [0.717, 1.165) is 15.0 Å². The molecule has 0 aliphatic rings. The van der Waals surface area contributed by atoms with Crippen LogP contribution in [0.1, 0.15) is 17.4 Å². The van der Waals surface area contributed by atoms with Crippen LogP contribution in [0.5, 0.6) is 0 Å². The summed E-state index contributed by atoms with van der Waals surface area (Å²) < 4.78 is 1.11. The third kappa shape index (κ3) is 2.01. The molecule has 3 N–H and O–H groups in total. The molecule has 1 atom stereocenters. The second-order valence-electron chi connectivity index (χ2n) is 3.37. The molecule has 1 aromatic carbocycles. The molecule has 0 spiro atoms. The number of halogens is 1. The summed E-state index contributed by atoms with van der Waals surface area (Å²) in [6.07, 6.45) is 0.00640. The first kappa shape index (κ1) is 10.9. The van der Waals surface area contributed by atoms with Crippen LogP contribution in [0.4, 0.5) is 0 Å². The highest BCUT2D eigenvalue weighted by atomic mass is 35.5. The van der Waals surface area contributed by atoms with Crippen molar-refractivity contribution in [3.05, 3.63) is 34.2 Å². The molecule has 80 valence electrons. The predicted molar refractivity (Wildman–Crippen MR) is 65.5 cm³/mol. The average Bonchev–Trinajstić information content (AvgIpc) is 2.57. The number of aliphatic hydroxyl groups excluding tert-OH is 1. The number of thiophene rings is 1. The SMILES string of the molecule is NCCC(O)c1sc2ccccc2c1Cl. The van der Waals surface area contributed by atoms with Gasteiger partial charge in [0, 0.05) is 10.1 Å². The summed E-state index contributed by atoms with van der Waals surface area (Å²) in [4.78, 5) is 0.823. The van der Waals surface area contributed by atoms with Gasteiger partial charge in [-0.2, -0.15) is 0 Å². The zero-order chi connectivity index (χ0) is 10.8. The Morgan fingerprint density at radius 3 is 2.80 bits per heavy atom. The number of benzene rings is 1. The van der Waals surface area contributed by atoms with Crippen LogP contribution in [0.25, 0.3) is 10.1 Å². The Kier molecular flexibility index (Phi) is 3.26. The number of aliphatic hydroxyl groups is 1. The van der Waals surface area contributed by atoms with E-state index in [1.165, 1.54) is 11.3 Å². The standard InChI is InChI=1S/C11H12ClNOS/c12-10-7-3-1-2-4-9(7)15-11(10)8(14)5-6-13/h1-4,8,14H,5-6,13H2. The van der Waals surface area contributed by atoms with Crippen molar-refractivity contribution in [1.29, 1.82) is 0 Å². The number of nitrogens with two attached hydrogens (primary N) is 1. The fraction of sp³-hybridized carbons (Fsp3) is 0.273. The van der Waals surface area contributed by atoms with Crippen molar-refractivity contribution in [2.45, 2.75) is 12.5 Å². The molecule has 2 aromatic rings. The van der Waals surface area contributed by atoms with Crippen molar-refractivity contribution < 1.29 is 5.11 Å². The Bertz CT molecular complexity index is 469. The normalized spacial score (nSPS) is 13.3. The van der Waals surface area contributed by atoms with E-state index in [2.05, 4.69) is 0 Å². The van der Waals surface area contributed by atoms with Crippen LogP contribution < -0.4 is 5.73 Å². The minimum atomic E-state index is -0.542. The van der Waals surface area contributed by atoms with Crippen LogP contribution >= 0.6 is 22.9 Å². The minimum absolute atomic E-state index is 0.464. The lowest BCUT2D eigenvalue weighted by Crippen LogP contribution is -2.05. The molecule has 2 nitrogen and oxygen atoms in total. The van der Waals surface area contributed by atoms with Gasteiger partial charge in [0.1, 0.15) is 0 Å². The number of rotatable bonds is 3. The number of fused-ring (bicyclic) bond motifs is 1. The van der Waals surface area contributed by atoms with Gasteiger partial charge in [-0.3, -0.25) is 0 Å². The van der Waals surface area contributed by atoms with Gasteiger partial charge in [0.25, 0.3) is 0 Å². The van der Waals surface area contributed by atoms with Gasteiger partial charge in [-0.15, -0.1) is 11.3 Å².